The van der Waals surface area contributed by atoms with Crippen LogP contribution in [-0.4, -0.2) is 38.0 Å². The Kier molecular flexibility index (Phi) is 6.63. The summed E-state index contributed by atoms with van der Waals surface area (Å²) in [4.78, 5) is 12.8. The highest BCUT2D eigenvalue weighted by Gasteiger charge is 2.31. The Morgan fingerprint density at radius 2 is 1.88 bits per heavy atom. The van der Waals surface area contributed by atoms with Gasteiger partial charge in [-0.3, -0.25) is 4.79 Å². The Morgan fingerprint density at radius 3 is 2.58 bits per heavy atom. The predicted octanol–water partition coefficient (Wildman–Crippen LogP) is 3.17. The largest absolute Gasteiger partial charge is 0.489 e. The van der Waals surface area contributed by atoms with Gasteiger partial charge in [0.05, 0.1) is 13.1 Å². The lowest BCUT2D eigenvalue weighted by Crippen LogP contribution is -2.38. The van der Waals surface area contributed by atoms with Gasteiger partial charge in [-0.25, -0.2) is 4.39 Å². The Labute approximate surface area is 150 Å². The normalized spacial score (nSPS) is 11.3. The molecule has 0 radical (unpaired) electrons. The summed E-state index contributed by atoms with van der Waals surface area (Å²) in [5.74, 6) is -3.66. The van der Waals surface area contributed by atoms with Gasteiger partial charge in [0, 0.05) is 25.2 Å². The van der Waals surface area contributed by atoms with E-state index in [4.69, 9.17) is 4.74 Å². The van der Waals surface area contributed by atoms with Gasteiger partial charge in [0.15, 0.2) is 0 Å². The SMILES string of the molecule is CN(C)C(=O)CNCC(F)(F)c1cccc(OCc2ccccc2F)c1. The zero-order valence-electron chi connectivity index (χ0n) is 14.6. The van der Waals surface area contributed by atoms with Crippen LogP contribution in [0, 0.1) is 5.82 Å². The summed E-state index contributed by atoms with van der Waals surface area (Å²) in [7, 11) is 3.11. The van der Waals surface area contributed by atoms with Crippen LogP contribution >= 0.6 is 0 Å². The number of hydrogen-bond donors (Lipinski definition) is 1. The quantitative estimate of drug-likeness (QED) is 0.780. The van der Waals surface area contributed by atoms with E-state index in [0.717, 1.165) is 0 Å². The molecule has 0 atom stereocenters. The summed E-state index contributed by atoms with van der Waals surface area (Å²) in [6.07, 6.45) is 0. The maximum absolute atomic E-state index is 14.3. The zero-order valence-corrected chi connectivity index (χ0v) is 14.6. The number of benzene rings is 2. The van der Waals surface area contributed by atoms with Crippen LogP contribution in [0.1, 0.15) is 11.1 Å². The van der Waals surface area contributed by atoms with Crippen molar-refractivity contribution < 1.29 is 22.7 Å². The first kappa shape index (κ1) is 19.8. The van der Waals surface area contributed by atoms with Crippen molar-refractivity contribution in [3.63, 3.8) is 0 Å². The standard InChI is InChI=1S/C19H21F3N2O2/c1-24(2)18(25)11-23-13-19(21,22)15-7-5-8-16(10-15)26-12-14-6-3-4-9-17(14)20/h3-10,23H,11-13H2,1-2H3. The summed E-state index contributed by atoms with van der Waals surface area (Å²) in [6.45, 7) is -0.910. The van der Waals surface area contributed by atoms with Gasteiger partial charge < -0.3 is 15.0 Å². The number of carbonyl (C=O) groups is 1. The summed E-state index contributed by atoms with van der Waals surface area (Å²) < 4.78 is 47.6. The number of alkyl halides is 2. The number of ether oxygens (including phenoxy) is 1. The van der Waals surface area contributed by atoms with Gasteiger partial charge >= 0.3 is 0 Å². The molecule has 2 aromatic rings. The number of rotatable bonds is 8. The molecule has 7 heteroatoms. The molecule has 2 aromatic carbocycles. The Morgan fingerprint density at radius 1 is 1.15 bits per heavy atom. The van der Waals surface area contributed by atoms with Gasteiger partial charge in [-0.15, -0.1) is 0 Å². The van der Waals surface area contributed by atoms with E-state index >= 15 is 0 Å². The minimum atomic E-state index is -3.18. The van der Waals surface area contributed by atoms with Gasteiger partial charge in [-0.2, -0.15) is 8.78 Å². The summed E-state index contributed by atoms with van der Waals surface area (Å²) in [5, 5.41) is 2.46. The molecule has 0 fully saturated rings. The molecule has 0 aliphatic rings. The Hall–Kier alpha value is -2.54. The van der Waals surface area contributed by atoms with Gasteiger partial charge in [0.2, 0.25) is 5.91 Å². The van der Waals surface area contributed by atoms with Crippen LogP contribution in [0.3, 0.4) is 0 Å². The predicted molar refractivity (Wildman–Crippen MR) is 92.6 cm³/mol. The van der Waals surface area contributed by atoms with Crippen LogP contribution in [0.15, 0.2) is 48.5 Å². The molecular weight excluding hydrogens is 345 g/mol. The first-order valence-electron chi connectivity index (χ1n) is 8.05. The van der Waals surface area contributed by atoms with Crippen LogP contribution < -0.4 is 10.1 Å². The molecule has 0 aliphatic heterocycles. The summed E-state index contributed by atoms with van der Waals surface area (Å²) in [6, 6.07) is 11.6. The fourth-order valence-corrected chi connectivity index (χ4v) is 2.18. The maximum Gasteiger partial charge on any atom is 0.285 e. The number of hydrogen-bond acceptors (Lipinski definition) is 3. The summed E-state index contributed by atoms with van der Waals surface area (Å²) in [5.41, 5.74) is 0.0989. The highest BCUT2D eigenvalue weighted by molar-refractivity contribution is 5.77. The molecule has 0 bridgehead atoms. The van der Waals surface area contributed by atoms with E-state index in [2.05, 4.69) is 5.32 Å². The highest BCUT2D eigenvalue weighted by atomic mass is 19.3. The number of carbonyl (C=O) groups excluding carboxylic acids is 1. The molecule has 2 rings (SSSR count). The minimum Gasteiger partial charge on any atom is -0.489 e. The lowest BCUT2D eigenvalue weighted by molar-refractivity contribution is -0.128. The number of halogens is 3. The van der Waals surface area contributed by atoms with Crippen molar-refractivity contribution in [1.29, 1.82) is 0 Å². The molecule has 1 amide bonds. The fourth-order valence-electron chi connectivity index (χ4n) is 2.18. The number of nitrogens with zero attached hydrogens (tertiary/aromatic N) is 1. The van der Waals surface area contributed by atoms with Crippen LogP contribution in [0.2, 0.25) is 0 Å². The van der Waals surface area contributed by atoms with Crippen molar-refractivity contribution in [1.82, 2.24) is 10.2 Å². The highest BCUT2D eigenvalue weighted by Crippen LogP contribution is 2.30. The van der Waals surface area contributed by atoms with Gasteiger partial charge in [-0.05, 0) is 18.2 Å². The molecule has 0 spiro atoms. The molecule has 4 nitrogen and oxygen atoms in total. The van der Waals surface area contributed by atoms with Crippen LogP contribution in [0.5, 0.6) is 5.75 Å². The molecule has 0 saturated carbocycles. The topological polar surface area (TPSA) is 41.6 Å². The third kappa shape index (κ3) is 5.49. The fraction of sp³-hybridized carbons (Fsp3) is 0.316. The lowest BCUT2D eigenvalue weighted by atomic mass is 10.1. The van der Waals surface area contributed by atoms with E-state index < -0.39 is 18.3 Å². The van der Waals surface area contributed by atoms with Crippen molar-refractivity contribution >= 4 is 5.91 Å². The average Bonchev–Trinajstić information content (AvgIpc) is 2.61. The van der Waals surface area contributed by atoms with Crippen molar-refractivity contribution in [3.8, 4) is 5.75 Å². The van der Waals surface area contributed by atoms with Crippen molar-refractivity contribution in [2.45, 2.75) is 12.5 Å². The molecular formula is C19H21F3N2O2. The molecule has 0 heterocycles. The number of amides is 1. The second-order valence-corrected chi connectivity index (χ2v) is 6.00. The minimum absolute atomic E-state index is 0.0582. The van der Waals surface area contributed by atoms with E-state index in [0.29, 0.717) is 5.56 Å². The Bertz CT molecular complexity index is 751. The third-order valence-corrected chi connectivity index (χ3v) is 3.73. The van der Waals surface area contributed by atoms with E-state index in [9.17, 15) is 18.0 Å². The van der Waals surface area contributed by atoms with Gasteiger partial charge in [-0.1, -0.05) is 30.3 Å². The van der Waals surface area contributed by atoms with E-state index in [-0.39, 0.29) is 30.4 Å². The molecule has 0 unspecified atom stereocenters. The van der Waals surface area contributed by atoms with Gasteiger partial charge in [0.25, 0.3) is 5.92 Å². The second kappa shape index (κ2) is 8.71. The van der Waals surface area contributed by atoms with E-state index in [1.54, 1.807) is 32.3 Å². The molecule has 140 valence electrons. The zero-order chi connectivity index (χ0) is 19.2. The van der Waals surface area contributed by atoms with Crippen LogP contribution in [0.25, 0.3) is 0 Å². The molecule has 26 heavy (non-hydrogen) atoms. The maximum atomic E-state index is 14.3. The van der Waals surface area contributed by atoms with Crippen molar-refractivity contribution in [2.75, 3.05) is 27.2 Å². The molecule has 0 saturated heterocycles. The lowest BCUT2D eigenvalue weighted by Gasteiger charge is -2.19. The monoisotopic (exact) mass is 366 g/mol. The van der Waals surface area contributed by atoms with Crippen LogP contribution in [0.4, 0.5) is 13.2 Å². The van der Waals surface area contributed by atoms with E-state index in [1.165, 1.54) is 35.2 Å². The molecule has 0 aliphatic carbocycles. The third-order valence-electron chi connectivity index (χ3n) is 3.73. The molecule has 0 aromatic heterocycles. The van der Waals surface area contributed by atoms with Crippen LogP contribution in [-0.2, 0) is 17.3 Å². The van der Waals surface area contributed by atoms with Gasteiger partial charge in [0.1, 0.15) is 18.2 Å². The molecule has 1 N–H and O–H groups in total. The van der Waals surface area contributed by atoms with Crippen molar-refractivity contribution in [2.24, 2.45) is 0 Å². The van der Waals surface area contributed by atoms with E-state index in [1.807, 2.05) is 0 Å². The average molecular weight is 366 g/mol. The second-order valence-electron chi connectivity index (χ2n) is 6.00. The smallest absolute Gasteiger partial charge is 0.285 e. The summed E-state index contributed by atoms with van der Waals surface area (Å²) >= 11 is 0. The van der Waals surface area contributed by atoms with Crippen molar-refractivity contribution in [3.05, 3.63) is 65.5 Å². The first-order valence-corrected chi connectivity index (χ1v) is 8.05. The number of likely N-dealkylation sites (N-methyl/N-ethyl adjacent to an activating group) is 1. The number of nitrogens with one attached hydrogen (secondary N) is 1. The first-order chi connectivity index (χ1) is 12.3. The Balaban J connectivity index is 1.98.